The van der Waals surface area contributed by atoms with Gasteiger partial charge in [-0.25, -0.2) is 9.18 Å². The van der Waals surface area contributed by atoms with Crippen molar-refractivity contribution in [1.29, 1.82) is 0 Å². The Bertz CT molecular complexity index is 1240. The van der Waals surface area contributed by atoms with E-state index in [9.17, 15) is 14.0 Å². The van der Waals surface area contributed by atoms with Crippen LogP contribution in [0.5, 0.6) is 0 Å². The van der Waals surface area contributed by atoms with Crippen molar-refractivity contribution in [3.05, 3.63) is 94.3 Å². The van der Waals surface area contributed by atoms with Gasteiger partial charge in [-0.15, -0.1) is 11.8 Å². The molecular formula is C25H21ClFN3O2S. The molecule has 0 saturated carbocycles. The van der Waals surface area contributed by atoms with Gasteiger partial charge in [0.05, 0.1) is 12.2 Å². The number of halogens is 2. The number of fused-ring (bicyclic) bond motifs is 2. The molecule has 5 rings (SSSR count). The standard InChI is InChI=1S/C25H21ClFN3O2S/c1-16-2-11-22-21(14-16)25(23(31)29(22)15-17-3-7-19(27)8-4-17)30(12-13-33-25)24(32)28-20-9-5-18(26)6-10-20/h2-11,14H,12-13,15H2,1H3,(H,28,32)/t25-/m0/s1. The summed E-state index contributed by atoms with van der Waals surface area (Å²) in [6, 6.07) is 18.5. The Morgan fingerprint density at radius 1 is 1.12 bits per heavy atom. The highest BCUT2D eigenvalue weighted by molar-refractivity contribution is 8.01. The van der Waals surface area contributed by atoms with Crippen LogP contribution in [0.25, 0.3) is 0 Å². The van der Waals surface area contributed by atoms with Gasteiger partial charge in [0.2, 0.25) is 0 Å². The maximum atomic E-state index is 14.0. The average molecular weight is 482 g/mol. The number of rotatable bonds is 3. The second kappa shape index (κ2) is 8.39. The van der Waals surface area contributed by atoms with Crippen molar-refractivity contribution in [2.24, 2.45) is 0 Å². The number of nitrogens with zero attached hydrogens (tertiary/aromatic N) is 2. The van der Waals surface area contributed by atoms with Gasteiger partial charge in [-0.1, -0.05) is 41.4 Å². The third-order valence-corrected chi connectivity index (χ3v) is 7.61. The first-order valence-corrected chi connectivity index (χ1v) is 11.9. The van der Waals surface area contributed by atoms with Crippen molar-refractivity contribution in [2.45, 2.75) is 18.3 Å². The maximum absolute atomic E-state index is 14.0. The molecule has 8 heteroatoms. The van der Waals surface area contributed by atoms with Crippen molar-refractivity contribution >= 4 is 46.7 Å². The Kier molecular flexibility index (Phi) is 5.54. The second-order valence-corrected chi connectivity index (χ2v) is 9.84. The fourth-order valence-electron chi connectivity index (χ4n) is 4.38. The smallest absolute Gasteiger partial charge is 0.308 e. The average Bonchev–Trinajstić information content (AvgIpc) is 3.34. The van der Waals surface area contributed by atoms with Crippen molar-refractivity contribution in [3.8, 4) is 0 Å². The van der Waals surface area contributed by atoms with Crippen LogP contribution < -0.4 is 10.2 Å². The van der Waals surface area contributed by atoms with Crippen LogP contribution in [0.3, 0.4) is 0 Å². The van der Waals surface area contributed by atoms with Crippen LogP contribution in [0.4, 0.5) is 20.6 Å². The van der Waals surface area contributed by atoms with E-state index in [1.165, 1.54) is 23.9 Å². The number of anilines is 2. The lowest BCUT2D eigenvalue weighted by Gasteiger charge is -2.33. The van der Waals surface area contributed by atoms with E-state index >= 15 is 0 Å². The molecule has 2 heterocycles. The summed E-state index contributed by atoms with van der Waals surface area (Å²) in [5.41, 5.74) is 4.01. The van der Waals surface area contributed by atoms with Crippen molar-refractivity contribution in [1.82, 2.24) is 4.90 Å². The molecule has 0 unspecified atom stereocenters. The van der Waals surface area contributed by atoms with Crippen molar-refractivity contribution in [2.75, 3.05) is 22.5 Å². The highest BCUT2D eigenvalue weighted by Crippen LogP contribution is 2.54. The number of benzene rings is 3. The minimum atomic E-state index is -1.14. The number of nitrogens with one attached hydrogen (secondary N) is 1. The lowest BCUT2D eigenvalue weighted by atomic mass is 10.0. The van der Waals surface area contributed by atoms with Crippen LogP contribution >= 0.6 is 23.4 Å². The number of hydrogen-bond donors (Lipinski definition) is 1. The summed E-state index contributed by atoms with van der Waals surface area (Å²) in [6.07, 6.45) is 0. The fraction of sp³-hybridized carbons (Fsp3) is 0.200. The molecule has 0 aliphatic carbocycles. The molecule has 3 aromatic carbocycles. The number of carbonyl (C=O) groups is 2. The third-order valence-electron chi connectivity index (χ3n) is 5.94. The normalized spacial score (nSPS) is 19.3. The number of thioether (sulfide) groups is 1. The quantitative estimate of drug-likeness (QED) is 0.517. The van der Waals surface area contributed by atoms with Crippen molar-refractivity contribution < 1.29 is 14.0 Å². The largest absolute Gasteiger partial charge is 0.323 e. The zero-order chi connectivity index (χ0) is 23.2. The first-order chi connectivity index (χ1) is 15.9. The summed E-state index contributed by atoms with van der Waals surface area (Å²) in [6.45, 7) is 2.70. The summed E-state index contributed by atoms with van der Waals surface area (Å²) >= 11 is 7.43. The van der Waals surface area contributed by atoms with Gasteiger partial charge in [0, 0.05) is 28.6 Å². The van der Waals surface area contributed by atoms with E-state index in [4.69, 9.17) is 11.6 Å². The molecule has 2 aliphatic heterocycles. The van der Waals surface area contributed by atoms with Gasteiger partial charge < -0.3 is 10.2 Å². The van der Waals surface area contributed by atoms with E-state index in [1.54, 1.807) is 46.2 Å². The van der Waals surface area contributed by atoms with Crippen LogP contribution in [-0.4, -0.2) is 29.1 Å². The molecule has 5 nitrogen and oxygen atoms in total. The van der Waals surface area contributed by atoms with E-state index < -0.39 is 4.87 Å². The minimum Gasteiger partial charge on any atom is -0.308 e. The first kappa shape index (κ1) is 21.8. The Morgan fingerprint density at radius 2 is 1.85 bits per heavy atom. The molecule has 0 aromatic heterocycles. The van der Waals surface area contributed by atoms with Crippen LogP contribution in [0.1, 0.15) is 16.7 Å². The Morgan fingerprint density at radius 3 is 2.58 bits per heavy atom. The fourth-order valence-corrected chi connectivity index (χ4v) is 5.96. The van der Waals surface area contributed by atoms with Gasteiger partial charge in [-0.05, 0) is 55.0 Å². The molecule has 33 heavy (non-hydrogen) atoms. The molecule has 168 valence electrons. The topological polar surface area (TPSA) is 52.7 Å². The predicted octanol–water partition coefficient (Wildman–Crippen LogP) is 5.77. The van der Waals surface area contributed by atoms with Gasteiger partial charge >= 0.3 is 6.03 Å². The molecule has 1 N–H and O–H groups in total. The van der Waals surface area contributed by atoms with Gasteiger partial charge in [0.15, 0.2) is 4.87 Å². The summed E-state index contributed by atoms with van der Waals surface area (Å²) in [5.74, 6) is 0.147. The Labute approximate surface area is 200 Å². The van der Waals surface area contributed by atoms with E-state index in [0.29, 0.717) is 29.6 Å². The predicted molar refractivity (Wildman–Crippen MR) is 130 cm³/mol. The zero-order valence-corrected chi connectivity index (χ0v) is 19.4. The summed E-state index contributed by atoms with van der Waals surface area (Å²) < 4.78 is 13.4. The molecule has 0 radical (unpaired) electrons. The van der Waals surface area contributed by atoms with Gasteiger partial charge in [-0.3, -0.25) is 9.69 Å². The number of aryl methyl sites for hydroxylation is 1. The van der Waals surface area contributed by atoms with Gasteiger partial charge in [0.25, 0.3) is 5.91 Å². The zero-order valence-electron chi connectivity index (χ0n) is 17.8. The maximum Gasteiger partial charge on any atom is 0.323 e. The molecule has 1 saturated heterocycles. The molecular weight excluding hydrogens is 461 g/mol. The second-order valence-electron chi connectivity index (χ2n) is 8.12. The summed E-state index contributed by atoms with van der Waals surface area (Å²) in [4.78, 5) is 29.5. The Hall–Kier alpha value is -3.03. The number of amides is 3. The third kappa shape index (κ3) is 3.75. The molecule has 2 aliphatic rings. The number of hydrogen-bond acceptors (Lipinski definition) is 3. The van der Waals surface area contributed by atoms with Crippen LogP contribution in [0.15, 0.2) is 66.7 Å². The van der Waals surface area contributed by atoms with E-state index in [1.807, 2.05) is 25.1 Å². The van der Waals surface area contributed by atoms with Gasteiger partial charge in [-0.2, -0.15) is 0 Å². The molecule has 0 bridgehead atoms. The SMILES string of the molecule is Cc1ccc2c(c1)[C@]1(SCCN1C(=O)Nc1ccc(Cl)cc1)C(=O)N2Cc1ccc(F)cc1. The minimum absolute atomic E-state index is 0.166. The molecule has 1 spiro atoms. The molecule has 3 amide bonds. The highest BCUT2D eigenvalue weighted by atomic mass is 35.5. The lowest BCUT2D eigenvalue weighted by molar-refractivity contribution is -0.123. The molecule has 3 aromatic rings. The van der Waals surface area contributed by atoms with Crippen LogP contribution in [0.2, 0.25) is 5.02 Å². The lowest BCUT2D eigenvalue weighted by Crippen LogP contribution is -2.51. The van der Waals surface area contributed by atoms with Crippen LogP contribution in [-0.2, 0) is 16.2 Å². The first-order valence-electron chi connectivity index (χ1n) is 10.5. The molecule has 1 fully saturated rings. The van der Waals surface area contributed by atoms with Crippen molar-refractivity contribution in [3.63, 3.8) is 0 Å². The number of urea groups is 1. The number of carbonyl (C=O) groups excluding carboxylic acids is 2. The highest BCUT2D eigenvalue weighted by Gasteiger charge is 2.59. The summed E-state index contributed by atoms with van der Waals surface area (Å²) in [5, 5.41) is 3.48. The summed E-state index contributed by atoms with van der Waals surface area (Å²) in [7, 11) is 0. The molecule has 1 atom stereocenters. The van der Waals surface area contributed by atoms with E-state index in [2.05, 4.69) is 5.32 Å². The van der Waals surface area contributed by atoms with Gasteiger partial charge in [0.1, 0.15) is 5.82 Å². The van der Waals surface area contributed by atoms with Crippen LogP contribution in [0, 0.1) is 12.7 Å². The Balaban J connectivity index is 1.52. The van der Waals surface area contributed by atoms with E-state index in [0.717, 1.165) is 22.4 Å². The van der Waals surface area contributed by atoms with E-state index in [-0.39, 0.29) is 17.8 Å². The monoisotopic (exact) mass is 481 g/mol.